The quantitative estimate of drug-likeness (QED) is 0.798. The number of nitrogens with one attached hydrogen (secondary N) is 2. The van der Waals surface area contributed by atoms with Crippen molar-refractivity contribution in [2.24, 2.45) is 0 Å². The molecule has 0 heterocycles. The van der Waals surface area contributed by atoms with Gasteiger partial charge in [0.2, 0.25) is 0 Å². The summed E-state index contributed by atoms with van der Waals surface area (Å²) in [5, 5.41) is 6.25. The fraction of sp³-hybridized carbons (Fsp3) is 0.235. The Kier molecular flexibility index (Phi) is 5.44. The van der Waals surface area contributed by atoms with Crippen LogP contribution in [-0.2, 0) is 0 Å². The third-order valence-electron chi connectivity index (χ3n) is 3.46. The van der Waals surface area contributed by atoms with Crippen LogP contribution < -0.4 is 10.6 Å². The van der Waals surface area contributed by atoms with E-state index in [-0.39, 0.29) is 11.7 Å². The van der Waals surface area contributed by atoms with Crippen molar-refractivity contribution in [2.45, 2.75) is 26.3 Å². The van der Waals surface area contributed by atoms with Gasteiger partial charge in [0.25, 0.3) is 0 Å². The summed E-state index contributed by atoms with van der Waals surface area (Å²) in [7, 11) is 0. The van der Waals surface area contributed by atoms with E-state index >= 15 is 0 Å². The summed E-state index contributed by atoms with van der Waals surface area (Å²) >= 11 is 5.23. The van der Waals surface area contributed by atoms with Gasteiger partial charge in [0.1, 0.15) is 11.6 Å². The van der Waals surface area contributed by atoms with Crippen LogP contribution in [0, 0.1) is 18.6 Å². The van der Waals surface area contributed by atoms with Crippen molar-refractivity contribution >= 4 is 23.0 Å². The smallest absolute Gasteiger partial charge is 0.171 e. The normalized spacial score (nSPS) is 11.8. The average molecular weight is 320 g/mol. The van der Waals surface area contributed by atoms with Gasteiger partial charge in [0.15, 0.2) is 5.11 Å². The zero-order valence-electron chi connectivity index (χ0n) is 12.5. The Hall–Kier alpha value is -2.01. The predicted octanol–water partition coefficient (Wildman–Crippen LogP) is 4.71. The number of thiocarbonyl (C=S) groups is 1. The van der Waals surface area contributed by atoms with E-state index in [0.29, 0.717) is 5.11 Å². The molecule has 1 atom stereocenters. The topological polar surface area (TPSA) is 24.1 Å². The molecule has 0 aliphatic heterocycles. The summed E-state index contributed by atoms with van der Waals surface area (Å²) in [5.74, 6) is -1.29. The molecule has 2 rings (SSSR count). The van der Waals surface area contributed by atoms with Crippen LogP contribution in [0.2, 0.25) is 0 Å². The van der Waals surface area contributed by atoms with Gasteiger partial charge in [0.05, 0.1) is 11.7 Å². The van der Waals surface area contributed by atoms with E-state index < -0.39 is 11.6 Å². The molecule has 0 aliphatic rings. The lowest BCUT2D eigenvalue weighted by Crippen LogP contribution is -2.32. The minimum Gasteiger partial charge on any atom is -0.356 e. The van der Waals surface area contributed by atoms with Crippen LogP contribution in [-0.4, -0.2) is 5.11 Å². The third-order valence-corrected chi connectivity index (χ3v) is 3.68. The van der Waals surface area contributed by atoms with Crippen molar-refractivity contribution in [1.82, 2.24) is 5.32 Å². The van der Waals surface area contributed by atoms with Gasteiger partial charge in [-0.25, -0.2) is 8.78 Å². The number of halogens is 2. The molecule has 0 saturated heterocycles. The number of rotatable bonds is 4. The van der Waals surface area contributed by atoms with Crippen LogP contribution in [0.5, 0.6) is 0 Å². The van der Waals surface area contributed by atoms with Crippen LogP contribution >= 0.6 is 12.2 Å². The Balaban J connectivity index is 2.08. The first-order chi connectivity index (χ1) is 10.5. The van der Waals surface area contributed by atoms with Gasteiger partial charge in [-0.1, -0.05) is 31.2 Å². The predicted molar refractivity (Wildman–Crippen MR) is 89.9 cm³/mol. The first kappa shape index (κ1) is 16.4. The highest BCUT2D eigenvalue weighted by Crippen LogP contribution is 2.21. The molecule has 0 fully saturated rings. The molecule has 2 aromatic rings. The summed E-state index contributed by atoms with van der Waals surface area (Å²) in [6.07, 6.45) is 0.832. The van der Waals surface area contributed by atoms with Gasteiger partial charge in [-0.3, -0.25) is 0 Å². The van der Waals surface area contributed by atoms with E-state index in [2.05, 4.69) is 10.6 Å². The van der Waals surface area contributed by atoms with Gasteiger partial charge >= 0.3 is 0 Å². The molecule has 0 bridgehead atoms. The summed E-state index contributed by atoms with van der Waals surface area (Å²) in [6.45, 7) is 4.08. The van der Waals surface area contributed by atoms with E-state index in [1.807, 2.05) is 38.1 Å². The minimum absolute atomic E-state index is 0.0321. The van der Waals surface area contributed by atoms with Crippen molar-refractivity contribution in [2.75, 3.05) is 5.32 Å². The van der Waals surface area contributed by atoms with Crippen molar-refractivity contribution in [1.29, 1.82) is 0 Å². The zero-order chi connectivity index (χ0) is 16.1. The van der Waals surface area contributed by atoms with Crippen molar-refractivity contribution < 1.29 is 8.78 Å². The van der Waals surface area contributed by atoms with Gasteiger partial charge in [-0.15, -0.1) is 0 Å². The van der Waals surface area contributed by atoms with Crippen LogP contribution in [0.15, 0.2) is 42.5 Å². The largest absolute Gasteiger partial charge is 0.356 e. The van der Waals surface area contributed by atoms with Gasteiger partial charge in [0, 0.05) is 6.07 Å². The van der Waals surface area contributed by atoms with Crippen LogP contribution in [0.1, 0.15) is 30.5 Å². The summed E-state index contributed by atoms with van der Waals surface area (Å²) < 4.78 is 26.5. The highest BCUT2D eigenvalue weighted by molar-refractivity contribution is 7.80. The van der Waals surface area contributed by atoms with Crippen LogP contribution in [0.3, 0.4) is 0 Å². The average Bonchev–Trinajstić information content (AvgIpc) is 2.48. The van der Waals surface area contributed by atoms with Gasteiger partial charge in [-0.05, 0) is 48.8 Å². The summed E-state index contributed by atoms with van der Waals surface area (Å²) in [4.78, 5) is 0. The molecule has 0 saturated carbocycles. The molecule has 5 heteroatoms. The first-order valence-corrected chi connectivity index (χ1v) is 7.50. The van der Waals surface area contributed by atoms with E-state index in [0.717, 1.165) is 23.6 Å². The van der Waals surface area contributed by atoms with Crippen LogP contribution in [0.25, 0.3) is 0 Å². The fourth-order valence-corrected chi connectivity index (χ4v) is 2.54. The highest BCUT2D eigenvalue weighted by atomic mass is 32.1. The Labute approximate surface area is 134 Å². The fourth-order valence-electron chi connectivity index (χ4n) is 2.28. The number of hydrogen-bond donors (Lipinski definition) is 2. The van der Waals surface area contributed by atoms with Crippen molar-refractivity contribution in [3.8, 4) is 0 Å². The minimum atomic E-state index is -0.673. The molecule has 0 amide bonds. The number of anilines is 1. The maximum atomic E-state index is 13.6. The lowest BCUT2D eigenvalue weighted by atomic mass is 10.00. The molecule has 0 spiro atoms. The second kappa shape index (κ2) is 7.31. The van der Waals surface area contributed by atoms with Crippen LogP contribution in [0.4, 0.5) is 14.5 Å². The first-order valence-electron chi connectivity index (χ1n) is 7.09. The highest BCUT2D eigenvalue weighted by Gasteiger charge is 2.13. The molecule has 1 unspecified atom stereocenters. The molecule has 0 aromatic heterocycles. The molecular weight excluding hydrogens is 302 g/mol. The Morgan fingerprint density at radius 3 is 2.55 bits per heavy atom. The third kappa shape index (κ3) is 4.01. The number of aryl methyl sites for hydroxylation is 1. The molecule has 2 nitrogen and oxygen atoms in total. The van der Waals surface area contributed by atoms with Crippen molar-refractivity contribution in [3.05, 3.63) is 65.2 Å². The molecular formula is C17H18F2N2S. The second-order valence-electron chi connectivity index (χ2n) is 5.04. The van der Waals surface area contributed by atoms with Gasteiger partial charge < -0.3 is 10.6 Å². The molecule has 2 N–H and O–H groups in total. The SMILES string of the molecule is CCC(NC(=S)Nc1ccc(F)cc1F)c1ccccc1C. The lowest BCUT2D eigenvalue weighted by Gasteiger charge is -2.21. The number of benzene rings is 2. The van der Waals surface area contributed by atoms with E-state index in [9.17, 15) is 8.78 Å². The number of hydrogen-bond acceptors (Lipinski definition) is 1. The molecule has 0 aliphatic carbocycles. The standard InChI is InChI=1S/C17H18F2N2S/c1-3-15(13-7-5-4-6-11(13)2)20-17(22)21-16-9-8-12(18)10-14(16)19/h4-10,15H,3H2,1-2H3,(H2,20,21,22). The summed E-state index contributed by atoms with van der Waals surface area (Å²) in [5.41, 5.74) is 2.46. The molecule has 2 aromatic carbocycles. The van der Waals surface area contributed by atoms with E-state index in [1.54, 1.807) is 0 Å². The second-order valence-corrected chi connectivity index (χ2v) is 5.45. The molecule has 22 heavy (non-hydrogen) atoms. The monoisotopic (exact) mass is 320 g/mol. The van der Waals surface area contributed by atoms with Crippen molar-refractivity contribution in [3.63, 3.8) is 0 Å². The zero-order valence-corrected chi connectivity index (χ0v) is 13.3. The Morgan fingerprint density at radius 1 is 1.18 bits per heavy atom. The Bertz CT molecular complexity index is 673. The lowest BCUT2D eigenvalue weighted by molar-refractivity contribution is 0.585. The van der Waals surface area contributed by atoms with E-state index in [1.165, 1.54) is 12.1 Å². The maximum absolute atomic E-state index is 13.6. The summed E-state index contributed by atoms with van der Waals surface area (Å²) in [6, 6.07) is 11.4. The molecule has 116 valence electrons. The Morgan fingerprint density at radius 2 is 1.91 bits per heavy atom. The maximum Gasteiger partial charge on any atom is 0.171 e. The van der Waals surface area contributed by atoms with Gasteiger partial charge in [-0.2, -0.15) is 0 Å². The van der Waals surface area contributed by atoms with E-state index in [4.69, 9.17) is 12.2 Å². The molecule has 0 radical (unpaired) electrons.